The van der Waals surface area contributed by atoms with Gasteiger partial charge in [-0.05, 0) is 24.5 Å². The van der Waals surface area contributed by atoms with Gasteiger partial charge < -0.3 is 11.1 Å². The highest BCUT2D eigenvalue weighted by atomic mass is 19.1. The minimum absolute atomic E-state index is 0.0158. The van der Waals surface area contributed by atoms with Gasteiger partial charge in [0.15, 0.2) is 11.8 Å². The van der Waals surface area contributed by atoms with E-state index in [1.54, 1.807) is 6.92 Å². The van der Waals surface area contributed by atoms with Crippen LogP contribution in [-0.2, 0) is 0 Å². The van der Waals surface area contributed by atoms with Gasteiger partial charge in [-0.25, -0.2) is 8.78 Å². The molecule has 0 aliphatic heterocycles. The first-order valence-electron chi connectivity index (χ1n) is 5.43. The minimum Gasteiger partial charge on any atom is -0.370 e. The molecule has 5 heteroatoms. The predicted octanol–water partition coefficient (Wildman–Crippen LogP) is 2.66. The normalized spacial score (nSPS) is 12.0. The number of hydrogen-bond donors (Lipinski definition) is 2. The zero-order valence-electron chi connectivity index (χ0n) is 10.2. The first kappa shape index (κ1) is 13.4. The summed E-state index contributed by atoms with van der Waals surface area (Å²) in [6.07, 6.45) is 0. The molecule has 0 saturated carbocycles. The van der Waals surface area contributed by atoms with Crippen LogP contribution in [0.4, 0.5) is 14.5 Å². The summed E-state index contributed by atoms with van der Waals surface area (Å²) in [5.41, 5.74) is 5.65. The number of benzene rings is 1. The van der Waals surface area contributed by atoms with Crippen LogP contribution >= 0.6 is 0 Å². The van der Waals surface area contributed by atoms with Crippen LogP contribution in [0, 0.1) is 24.5 Å². The molecule has 3 nitrogen and oxygen atoms in total. The predicted molar refractivity (Wildman–Crippen MR) is 66.0 cm³/mol. The Morgan fingerprint density at radius 2 is 2.06 bits per heavy atom. The fraction of sp³-hybridized carbons (Fsp3) is 0.417. The maximum absolute atomic E-state index is 13.6. The van der Waals surface area contributed by atoms with Crippen LogP contribution < -0.4 is 11.1 Å². The highest BCUT2D eigenvalue weighted by Crippen LogP contribution is 2.21. The standard InChI is InChI=1S/C12H17F2N3/c1-7(2)6-16-12(15)17-11-9(13)5-4-8(3)10(11)14/h4-5,7H,6H2,1-3H3,(H3,15,16,17). The van der Waals surface area contributed by atoms with E-state index in [9.17, 15) is 8.78 Å². The van der Waals surface area contributed by atoms with Crippen LogP contribution in [0.2, 0.25) is 0 Å². The van der Waals surface area contributed by atoms with Gasteiger partial charge in [0, 0.05) is 6.54 Å². The van der Waals surface area contributed by atoms with Gasteiger partial charge in [-0.3, -0.25) is 4.99 Å². The SMILES string of the molecule is Cc1ccc(F)c(NC(N)=NCC(C)C)c1F. The number of hydrogen-bond acceptors (Lipinski definition) is 1. The van der Waals surface area contributed by atoms with Crippen molar-refractivity contribution in [3.05, 3.63) is 29.3 Å². The van der Waals surface area contributed by atoms with Crippen molar-refractivity contribution in [2.75, 3.05) is 11.9 Å². The molecule has 0 aliphatic carbocycles. The molecule has 0 spiro atoms. The lowest BCUT2D eigenvalue weighted by Crippen LogP contribution is -2.25. The van der Waals surface area contributed by atoms with Gasteiger partial charge in [0.2, 0.25) is 0 Å². The molecule has 3 N–H and O–H groups in total. The van der Waals surface area contributed by atoms with Crippen LogP contribution in [-0.4, -0.2) is 12.5 Å². The fourth-order valence-electron chi connectivity index (χ4n) is 1.22. The highest BCUT2D eigenvalue weighted by Gasteiger charge is 2.11. The quantitative estimate of drug-likeness (QED) is 0.631. The van der Waals surface area contributed by atoms with E-state index in [4.69, 9.17) is 5.73 Å². The second-order valence-electron chi connectivity index (χ2n) is 4.30. The van der Waals surface area contributed by atoms with Gasteiger partial charge in [0.05, 0.1) is 0 Å². The van der Waals surface area contributed by atoms with Crippen molar-refractivity contribution in [3.8, 4) is 0 Å². The molecule has 17 heavy (non-hydrogen) atoms. The number of aryl methyl sites for hydroxylation is 1. The third-order valence-electron chi connectivity index (χ3n) is 2.16. The molecular formula is C12H17F2N3. The Hall–Kier alpha value is -1.65. The topological polar surface area (TPSA) is 50.4 Å². The summed E-state index contributed by atoms with van der Waals surface area (Å²) in [6.45, 7) is 6.02. The van der Waals surface area contributed by atoms with E-state index in [0.717, 1.165) is 0 Å². The number of nitrogens with two attached hydrogens (primary N) is 1. The van der Waals surface area contributed by atoms with Gasteiger partial charge in [-0.2, -0.15) is 0 Å². The van der Waals surface area contributed by atoms with Crippen LogP contribution in [0.3, 0.4) is 0 Å². The zero-order valence-corrected chi connectivity index (χ0v) is 10.2. The molecule has 1 aromatic rings. The molecule has 0 fully saturated rings. The van der Waals surface area contributed by atoms with Crippen LogP contribution in [0.1, 0.15) is 19.4 Å². The van der Waals surface area contributed by atoms with Gasteiger partial charge in [-0.1, -0.05) is 19.9 Å². The molecule has 0 heterocycles. The van der Waals surface area contributed by atoms with E-state index in [0.29, 0.717) is 18.0 Å². The maximum atomic E-state index is 13.6. The maximum Gasteiger partial charge on any atom is 0.193 e. The molecule has 0 radical (unpaired) electrons. The third kappa shape index (κ3) is 3.69. The van der Waals surface area contributed by atoms with Crippen molar-refractivity contribution in [3.63, 3.8) is 0 Å². The minimum atomic E-state index is -0.684. The van der Waals surface area contributed by atoms with Gasteiger partial charge in [0.25, 0.3) is 0 Å². The number of nitrogens with zero attached hydrogens (tertiary/aromatic N) is 1. The molecule has 0 unspecified atom stereocenters. The Kier molecular flexibility index (Phi) is 4.43. The summed E-state index contributed by atoms with van der Waals surface area (Å²) in [4.78, 5) is 3.98. The molecule has 1 rings (SSSR count). The Bertz CT molecular complexity index is 428. The molecule has 0 atom stereocenters. The van der Waals surface area contributed by atoms with E-state index < -0.39 is 11.6 Å². The Morgan fingerprint density at radius 1 is 1.41 bits per heavy atom. The molecular weight excluding hydrogens is 224 g/mol. The monoisotopic (exact) mass is 241 g/mol. The number of anilines is 1. The third-order valence-corrected chi connectivity index (χ3v) is 2.16. The second kappa shape index (κ2) is 5.61. The van der Waals surface area contributed by atoms with Gasteiger partial charge >= 0.3 is 0 Å². The van der Waals surface area contributed by atoms with Crippen LogP contribution in [0.25, 0.3) is 0 Å². The lowest BCUT2D eigenvalue weighted by atomic mass is 10.2. The van der Waals surface area contributed by atoms with E-state index in [2.05, 4.69) is 10.3 Å². The fourth-order valence-corrected chi connectivity index (χ4v) is 1.22. The number of halogens is 2. The van der Waals surface area contributed by atoms with Crippen molar-refractivity contribution in [1.29, 1.82) is 0 Å². The average Bonchev–Trinajstić information content (AvgIpc) is 2.27. The molecule has 94 valence electrons. The Balaban J connectivity index is 2.88. The van der Waals surface area contributed by atoms with Gasteiger partial charge in [-0.15, -0.1) is 0 Å². The smallest absolute Gasteiger partial charge is 0.193 e. The molecule has 0 bridgehead atoms. The van der Waals surface area contributed by atoms with Crippen molar-refractivity contribution in [2.45, 2.75) is 20.8 Å². The molecule has 0 saturated heterocycles. The summed E-state index contributed by atoms with van der Waals surface area (Å²) in [7, 11) is 0. The van der Waals surface area contributed by atoms with E-state index in [1.165, 1.54) is 12.1 Å². The number of rotatable bonds is 3. The second-order valence-corrected chi connectivity index (χ2v) is 4.30. The largest absolute Gasteiger partial charge is 0.370 e. The molecule has 0 amide bonds. The van der Waals surface area contributed by atoms with Crippen LogP contribution in [0.5, 0.6) is 0 Å². The highest BCUT2D eigenvalue weighted by molar-refractivity contribution is 5.92. The van der Waals surface area contributed by atoms with E-state index >= 15 is 0 Å². The lowest BCUT2D eigenvalue weighted by molar-refractivity contribution is 0.585. The number of nitrogens with one attached hydrogen (secondary N) is 1. The molecule has 0 aromatic heterocycles. The Morgan fingerprint density at radius 3 is 2.65 bits per heavy atom. The van der Waals surface area contributed by atoms with Gasteiger partial charge in [0.1, 0.15) is 11.5 Å². The summed E-state index contributed by atoms with van der Waals surface area (Å²) in [5.74, 6) is -0.979. The molecule has 1 aromatic carbocycles. The van der Waals surface area contributed by atoms with Crippen LogP contribution in [0.15, 0.2) is 17.1 Å². The lowest BCUT2D eigenvalue weighted by Gasteiger charge is -2.10. The number of aliphatic imine (C=N–C) groups is 1. The van der Waals surface area contributed by atoms with Crippen molar-refractivity contribution < 1.29 is 8.78 Å². The summed E-state index contributed by atoms with van der Waals surface area (Å²) in [6, 6.07) is 2.56. The first-order chi connectivity index (χ1) is 7.91. The average molecular weight is 241 g/mol. The van der Waals surface area contributed by atoms with Crippen molar-refractivity contribution >= 4 is 11.6 Å². The van der Waals surface area contributed by atoms with Crippen molar-refractivity contribution in [2.24, 2.45) is 16.6 Å². The summed E-state index contributed by atoms with van der Waals surface area (Å²) >= 11 is 0. The van der Waals surface area contributed by atoms with Crippen molar-refractivity contribution in [1.82, 2.24) is 0 Å². The first-order valence-corrected chi connectivity index (χ1v) is 5.43. The summed E-state index contributed by atoms with van der Waals surface area (Å²) in [5, 5.41) is 2.45. The van der Waals surface area contributed by atoms with E-state index in [1.807, 2.05) is 13.8 Å². The Labute approximate surface area is 99.7 Å². The zero-order chi connectivity index (χ0) is 13.0. The molecule has 0 aliphatic rings. The summed E-state index contributed by atoms with van der Waals surface area (Å²) < 4.78 is 27.0. The van der Waals surface area contributed by atoms with E-state index in [-0.39, 0.29) is 11.6 Å². The number of guanidine groups is 1.